The van der Waals surface area contributed by atoms with Gasteiger partial charge in [-0.05, 0) is 18.1 Å². The zero-order chi connectivity index (χ0) is 17.5. The number of amides is 2. The lowest BCUT2D eigenvalue weighted by Crippen LogP contribution is -2.47. The van der Waals surface area contributed by atoms with E-state index in [4.69, 9.17) is 5.73 Å². The molecule has 0 aliphatic heterocycles. The Balaban J connectivity index is 2.36. The van der Waals surface area contributed by atoms with Gasteiger partial charge in [-0.1, -0.05) is 32.0 Å². The van der Waals surface area contributed by atoms with Crippen LogP contribution in [0.5, 0.6) is 0 Å². The molecule has 1 aromatic rings. The lowest BCUT2D eigenvalue weighted by Gasteiger charge is -2.15. The van der Waals surface area contributed by atoms with Crippen molar-refractivity contribution in [2.24, 2.45) is 11.7 Å². The van der Waals surface area contributed by atoms with Crippen molar-refractivity contribution in [2.45, 2.75) is 24.8 Å². The van der Waals surface area contributed by atoms with Gasteiger partial charge in [0.15, 0.2) is 9.84 Å². The number of hydrogen-bond donors (Lipinski definition) is 3. The first kappa shape index (κ1) is 19.1. The zero-order valence-electron chi connectivity index (χ0n) is 13.3. The Hall–Kier alpha value is -1.93. The summed E-state index contributed by atoms with van der Waals surface area (Å²) >= 11 is 0. The second kappa shape index (κ2) is 8.64. The molecule has 0 fully saturated rings. The van der Waals surface area contributed by atoms with Crippen LogP contribution < -0.4 is 16.4 Å². The van der Waals surface area contributed by atoms with Crippen LogP contribution in [-0.2, 0) is 19.4 Å². The van der Waals surface area contributed by atoms with Crippen LogP contribution >= 0.6 is 0 Å². The predicted octanol–water partition coefficient (Wildman–Crippen LogP) is -0.324. The van der Waals surface area contributed by atoms with Crippen LogP contribution in [0.4, 0.5) is 0 Å². The Morgan fingerprint density at radius 1 is 1.13 bits per heavy atom. The monoisotopic (exact) mass is 341 g/mol. The van der Waals surface area contributed by atoms with E-state index < -0.39 is 27.7 Å². The van der Waals surface area contributed by atoms with Gasteiger partial charge in [0.1, 0.15) is 0 Å². The second-order valence-electron chi connectivity index (χ2n) is 5.47. The number of nitrogens with one attached hydrogen (secondary N) is 2. The van der Waals surface area contributed by atoms with E-state index in [0.29, 0.717) is 0 Å². The molecular formula is C15H23N3O4S. The van der Waals surface area contributed by atoms with E-state index >= 15 is 0 Å². The van der Waals surface area contributed by atoms with Gasteiger partial charge < -0.3 is 16.4 Å². The molecule has 0 bridgehead atoms. The molecule has 0 saturated heterocycles. The Morgan fingerprint density at radius 2 is 1.74 bits per heavy atom. The van der Waals surface area contributed by atoms with Crippen molar-refractivity contribution in [3.8, 4) is 0 Å². The fraction of sp³-hybridized carbons (Fsp3) is 0.467. The average molecular weight is 341 g/mol. The number of carbonyl (C=O) groups is 2. The molecule has 0 aliphatic rings. The van der Waals surface area contributed by atoms with Crippen LogP contribution in [0, 0.1) is 5.92 Å². The van der Waals surface area contributed by atoms with Gasteiger partial charge in [0, 0.05) is 6.54 Å². The first-order chi connectivity index (χ1) is 10.7. The maximum absolute atomic E-state index is 12.0. The highest BCUT2D eigenvalue weighted by Crippen LogP contribution is 2.09. The summed E-state index contributed by atoms with van der Waals surface area (Å²) in [5.41, 5.74) is 5.64. The number of carbonyl (C=O) groups excluding carboxylic acids is 2. The molecule has 1 aromatic carbocycles. The van der Waals surface area contributed by atoms with E-state index in [1.807, 2.05) is 0 Å². The summed E-state index contributed by atoms with van der Waals surface area (Å²) in [5.74, 6) is -1.11. The second-order valence-corrected chi connectivity index (χ2v) is 7.58. The number of benzene rings is 1. The van der Waals surface area contributed by atoms with Gasteiger partial charge >= 0.3 is 0 Å². The molecule has 0 saturated carbocycles. The lowest BCUT2D eigenvalue weighted by molar-refractivity contribution is -0.127. The first-order valence-electron chi connectivity index (χ1n) is 7.32. The van der Waals surface area contributed by atoms with Crippen molar-refractivity contribution in [2.75, 3.05) is 18.8 Å². The standard InChI is InChI=1S/C15H23N3O4S/c1-11(2)14(16)15(20)18-10-13(19)17-8-9-23(21,22)12-6-4-3-5-7-12/h3-7,11,14H,8-10,16H2,1-2H3,(H,17,19)(H,18,20)/t14-/m0/s1. The van der Waals surface area contributed by atoms with Crippen LogP contribution in [0.1, 0.15) is 13.8 Å². The molecule has 0 radical (unpaired) electrons. The fourth-order valence-electron chi connectivity index (χ4n) is 1.72. The van der Waals surface area contributed by atoms with E-state index in [1.54, 1.807) is 32.0 Å². The summed E-state index contributed by atoms with van der Waals surface area (Å²) in [5, 5.41) is 4.88. The Morgan fingerprint density at radius 3 is 2.30 bits per heavy atom. The molecule has 0 aliphatic carbocycles. The molecule has 1 atom stereocenters. The van der Waals surface area contributed by atoms with Gasteiger partial charge in [0.05, 0.1) is 23.2 Å². The van der Waals surface area contributed by atoms with Gasteiger partial charge in [-0.25, -0.2) is 8.42 Å². The summed E-state index contributed by atoms with van der Waals surface area (Å²) in [6.07, 6.45) is 0. The predicted molar refractivity (Wildman–Crippen MR) is 87.3 cm³/mol. The SMILES string of the molecule is CC(C)[C@H](N)C(=O)NCC(=O)NCCS(=O)(=O)c1ccccc1. The smallest absolute Gasteiger partial charge is 0.239 e. The van der Waals surface area contributed by atoms with Gasteiger partial charge in [0.25, 0.3) is 0 Å². The van der Waals surface area contributed by atoms with Crippen molar-refractivity contribution < 1.29 is 18.0 Å². The molecule has 7 nitrogen and oxygen atoms in total. The molecule has 0 spiro atoms. The topological polar surface area (TPSA) is 118 Å². The van der Waals surface area contributed by atoms with Crippen LogP contribution in [0.3, 0.4) is 0 Å². The highest BCUT2D eigenvalue weighted by molar-refractivity contribution is 7.91. The summed E-state index contributed by atoms with van der Waals surface area (Å²) in [7, 11) is -3.43. The van der Waals surface area contributed by atoms with Crippen molar-refractivity contribution in [3.63, 3.8) is 0 Å². The Kier molecular flexibility index (Phi) is 7.18. The minimum atomic E-state index is -3.43. The van der Waals surface area contributed by atoms with Crippen LogP contribution in [0.15, 0.2) is 35.2 Å². The lowest BCUT2D eigenvalue weighted by atomic mass is 10.1. The highest BCUT2D eigenvalue weighted by Gasteiger charge is 2.18. The van der Waals surface area contributed by atoms with Crippen molar-refractivity contribution in [1.82, 2.24) is 10.6 Å². The highest BCUT2D eigenvalue weighted by atomic mass is 32.2. The van der Waals surface area contributed by atoms with Crippen molar-refractivity contribution in [1.29, 1.82) is 0 Å². The van der Waals surface area contributed by atoms with Gasteiger partial charge in [-0.3, -0.25) is 9.59 Å². The molecule has 1 rings (SSSR count). The van der Waals surface area contributed by atoms with Crippen LogP contribution in [-0.4, -0.2) is 45.1 Å². The molecule has 2 amide bonds. The molecule has 0 heterocycles. The largest absolute Gasteiger partial charge is 0.354 e. The maximum atomic E-state index is 12.0. The number of sulfone groups is 1. The van der Waals surface area contributed by atoms with E-state index in [0.717, 1.165) is 0 Å². The van der Waals surface area contributed by atoms with E-state index in [2.05, 4.69) is 10.6 Å². The van der Waals surface area contributed by atoms with Gasteiger partial charge in [-0.15, -0.1) is 0 Å². The van der Waals surface area contributed by atoms with E-state index in [1.165, 1.54) is 12.1 Å². The van der Waals surface area contributed by atoms with Crippen LogP contribution in [0.2, 0.25) is 0 Å². The summed E-state index contributed by atoms with van der Waals surface area (Å²) in [4.78, 5) is 23.4. The van der Waals surface area contributed by atoms with Gasteiger partial charge in [-0.2, -0.15) is 0 Å². The molecule has 23 heavy (non-hydrogen) atoms. The van der Waals surface area contributed by atoms with Gasteiger partial charge in [0.2, 0.25) is 11.8 Å². The molecule has 0 aromatic heterocycles. The quantitative estimate of drug-likeness (QED) is 0.599. The van der Waals surface area contributed by atoms with Crippen molar-refractivity contribution >= 4 is 21.7 Å². The van der Waals surface area contributed by atoms with Crippen molar-refractivity contribution in [3.05, 3.63) is 30.3 Å². The third kappa shape index (κ3) is 6.37. The Bertz CT molecular complexity index is 629. The third-order valence-corrected chi connectivity index (χ3v) is 4.97. The third-order valence-electron chi connectivity index (χ3n) is 3.24. The zero-order valence-corrected chi connectivity index (χ0v) is 14.1. The summed E-state index contributed by atoms with van der Waals surface area (Å²) < 4.78 is 24.0. The molecule has 8 heteroatoms. The molecule has 128 valence electrons. The summed E-state index contributed by atoms with van der Waals surface area (Å²) in [6, 6.07) is 7.33. The number of hydrogen-bond acceptors (Lipinski definition) is 5. The Labute approximate surface area is 136 Å². The van der Waals surface area contributed by atoms with E-state index in [-0.39, 0.29) is 29.7 Å². The minimum Gasteiger partial charge on any atom is -0.354 e. The number of rotatable bonds is 8. The maximum Gasteiger partial charge on any atom is 0.239 e. The first-order valence-corrected chi connectivity index (χ1v) is 8.97. The molecular weight excluding hydrogens is 318 g/mol. The van der Waals surface area contributed by atoms with Crippen LogP contribution in [0.25, 0.3) is 0 Å². The summed E-state index contributed by atoms with van der Waals surface area (Å²) in [6.45, 7) is 3.35. The normalized spacial score (nSPS) is 12.7. The number of nitrogens with two attached hydrogens (primary N) is 1. The average Bonchev–Trinajstić information content (AvgIpc) is 2.52. The molecule has 4 N–H and O–H groups in total. The molecule has 0 unspecified atom stereocenters. The minimum absolute atomic E-state index is 0.0256. The van der Waals surface area contributed by atoms with E-state index in [9.17, 15) is 18.0 Å². The fourth-order valence-corrected chi connectivity index (χ4v) is 2.90.